The predicted octanol–water partition coefficient (Wildman–Crippen LogP) is 5.01. The number of imidazole rings is 1. The first-order valence-corrected chi connectivity index (χ1v) is 9.06. The van der Waals surface area contributed by atoms with E-state index < -0.39 is 0 Å². The summed E-state index contributed by atoms with van der Waals surface area (Å²) in [5.41, 5.74) is 4.72. The smallest absolute Gasteiger partial charge is 0.169 e. The van der Waals surface area contributed by atoms with Crippen molar-refractivity contribution >= 4 is 22.8 Å². The molecule has 124 valence electrons. The summed E-state index contributed by atoms with van der Waals surface area (Å²) < 4.78 is 8.06. The number of aryl methyl sites for hydroxylation is 2. The van der Waals surface area contributed by atoms with Gasteiger partial charge in [-0.15, -0.1) is 6.58 Å². The van der Waals surface area contributed by atoms with E-state index in [-0.39, 0.29) is 0 Å². The summed E-state index contributed by atoms with van der Waals surface area (Å²) in [4.78, 5) is 4.72. The number of allylic oxidation sites excluding steroid dienone is 1. The van der Waals surface area contributed by atoms with Crippen LogP contribution in [0.2, 0.25) is 0 Å². The molecule has 0 saturated heterocycles. The molecule has 3 rings (SSSR count). The summed E-state index contributed by atoms with van der Waals surface area (Å²) in [5.74, 6) is 1.78. The molecule has 0 aliphatic carbocycles. The minimum Gasteiger partial charge on any atom is -0.493 e. The quantitative estimate of drug-likeness (QED) is 0.344. The molecule has 24 heavy (non-hydrogen) atoms. The van der Waals surface area contributed by atoms with E-state index in [1.165, 1.54) is 11.1 Å². The fraction of sp³-hybridized carbons (Fsp3) is 0.250. The number of rotatable bonds is 7. The second kappa shape index (κ2) is 7.58. The normalized spacial score (nSPS) is 10.9. The Labute approximate surface area is 147 Å². The Kier molecular flexibility index (Phi) is 5.26. The Morgan fingerprint density at radius 3 is 2.79 bits per heavy atom. The van der Waals surface area contributed by atoms with Gasteiger partial charge >= 0.3 is 0 Å². The van der Waals surface area contributed by atoms with E-state index in [1.54, 1.807) is 11.8 Å². The molecule has 3 aromatic rings. The van der Waals surface area contributed by atoms with E-state index in [1.807, 2.05) is 30.3 Å². The van der Waals surface area contributed by atoms with E-state index in [4.69, 9.17) is 9.72 Å². The van der Waals surface area contributed by atoms with Gasteiger partial charge in [0.2, 0.25) is 0 Å². The van der Waals surface area contributed by atoms with Gasteiger partial charge < -0.3 is 9.30 Å². The van der Waals surface area contributed by atoms with E-state index in [9.17, 15) is 0 Å². The van der Waals surface area contributed by atoms with Crippen LogP contribution in [0.3, 0.4) is 0 Å². The third-order valence-corrected chi connectivity index (χ3v) is 4.93. The van der Waals surface area contributed by atoms with Crippen LogP contribution in [-0.4, -0.2) is 21.9 Å². The maximum Gasteiger partial charge on any atom is 0.169 e. The van der Waals surface area contributed by atoms with Crippen LogP contribution in [-0.2, 0) is 6.54 Å². The molecule has 0 fully saturated rings. The molecule has 0 amide bonds. The Hall–Kier alpha value is -2.20. The first-order chi connectivity index (χ1) is 11.7. The lowest BCUT2D eigenvalue weighted by Crippen LogP contribution is -2.03. The van der Waals surface area contributed by atoms with Crippen LogP contribution < -0.4 is 4.74 Å². The molecule has 0 spiro atoms. The first-order valence-electron chi connectivity index (χ1n) is 8.08. The molecule has 0 N–H and O–H groups in total. The van der Waals surface area contributed by atoms with Crippen molar-refractivity contribution in [2.24, 2.45) is 0 Å². The van der Waals surface area contributed by atoms with Crippen molar-refractivity contribution in [3.8, 4) is 5.75 Å². The Bertz CT molecular complexity index is 854. The number of fused-ring (bicyclic) bond motifs is 1. The van der Waals surface area contributed by atoms with Crippen LogP contribution in [0.5, 0.6) is 5.75 Å². The maximum absolute atomic E-state index is 5.86. The van der Waals surface area contributed by atoms with Gasteiger partial charge in [0.1, 0.15) is 5.75 Å². The molecule has 1 aromatic heterocycles. The van der Waals surface area contributed by atoms with Gasteiger partial charge in [-0.05, 0) is 49.2 Å². The van der Waals surface area contributed by atoms with Crippen molar-refractivity contribution in [3.63, 3.8) is 0 Å². The summed E-state index contributed by atoms with van der Waals surface area (Å²) in [6.45, 7) is 9.49. The van der Waals surface area contributed by atoms with Gasteiger partial charge in [-0.1, -0.05) is 36.0 Å². The standard InChI is InChI=1S/C20H22N2OS/c1-4-11-22-19-8-6-5-7-18(19)21-20(22)24-13-12-23-17-10-9-15(2)16(3)14-17/h4-10,14H,1,11-13H2,2-3H3. The zero-order chi connectivity index (χ0) is 16.9. The molecular formula is C20H22N2OS. The van der Waals surface area contributed by atoms with Crippen LogP contribution in [0.15, 0.2) is 60.3 Å². The molecule has 1 heterocycles. The third-order valence-electron chi connectivity index (χ3n) is 3.99. The zero-order valence-electron chi connectivity index (χ0n) is 14.2. The summed E-state index contributed by atoms with van der Waals surface area (Å²) in [6, 6.07) is 14.4. The average Bonchev–Trinajstić information content (AvgIpc) is 2.93. The highest BCUT2D eigenvalue weighted by Gasteiger charge is 2.09. The summed E-state index contributed by atoms with van der Waals surface area (Å²) in [7, 11) is 0. The molecule has 0 saturated carbocycles. The second-order valence-corrected chi connectivity index (χ2v) is 6.79. The maximum atomic E-state index is 5.86. The zero-order valence-corrected chi connectivity index (χ0v) is 15.0. The van der Waals surface area contributed by atoms with Crippen molar-refractivity contribution in [1.82, 2.24) is 9.55 Å². The highest BCUT2D eigenvalue weighted by atomic mass is 32.2. The van der Waals surface area contributed by atoms with Gasteiger partial charge in [-0.3, -0.25) is 0 Å². The van der Waals surface area contributed by atoms with Gasteiger partial charge in [-0.25, -0.2) is 4.98 Å². The Morgan fingerprint density at radius 2 is 2.00 bits per heavy atom. The van der Waals surface area contributed by atoms with Crippen molar-refractivity contribution in [2.45, 2.75) is 25.5 Å². The van der Waals surface area contributed by atoms with Crippen LogP contribution in [0.1, 0.15) is 11.1 Å². The topological polar surface area (TPSA) is 27.1 Å². The number of thioether (sulfide) groups is 1. The molecule has 2 aromatic carbocycles. The van der Waals surface area contributed by atoms with Crippen molar-refractivity contribution in [3.05, 3.63) is 66.2 Å². The lowest BCUT2D eigenvalue weighted by atomic mass is 10.1. The molecule has 0 aliphatic rings. The molecule has 0 bridgehead atoms. The van der Waals surface area contributed by atoms with Crippen molar-refractivity contribution in [2.75, 3.05) is 12.4 Å². The largest absolute Gasteiger partial charge is 0.493 e. The molecule has 0 aliphatic heterocycles. The Morgan fingerprint density at radius 1 is 1.17 bits per heavy atom. The number of hydrogen-bond donors (Lipinski definition) is 0. The van der Waals surface area contributed by atoms with Crippen molar-refractivity contribution < 1.29 is 4.74 Å². The first kappa shape index (κ1) is 16.7. The highest BCUT2D eigenvalue weighted by Crippen LogP contribution is 2.24. The molecule has 0 radical (unpaired) electrons. The van der Waals surface area contributed by atoms with E-state index in [2.05, 4.69) is 43.2 Å². The van der Waals surface area contributed by atoms with E-state index in [0.717, 1.165) is 34.2 Å². The lowest BCUT2D eigenvalue weighted by Gasteiger charge is -2.09. The monoisotopic (exact) mass is 338 g/mol. The lowest BCUT2D eigenvalue weighted by molar-refractivity contribution is 0.343. The summed E-state index contributed by atoms with van der Waals surface area (Å²) >= 11 is 1.72. The highest BCUT2D eigenvalue weighted by molar-refractivity contribution is 7.99. The van der Waals surface area contributed by atoms with E-state index >= 15 is 0 Å². The number of aromatic nitrogens is 2. The Balaban J connectivity index is 1.64. The SMILES string of the molecule is C=CCn1c(SCCOc2ccc(C)c(C)c2)nc2ccccc21. The molecular weight excluding hydrogens is 316 g/mol. The number of para-hydroxylation sites is 2. The second-order valence-electron chi connectivity index (χ2n) is 5.73. The van der Waals surface area contributed by atoms with Gasteiger partial charge in [0.25, 0.3) is 0 Å². The van der Waals surface area contributed by atoms with Crippen LogP contribution >= 0.6 is 11.8 Å². The third kappa shape index (κ3) is 3.65. The van der Waals surface area contributed by atoms with Gasteiger partial charge in [0.15, 0.2) is 5.16 Å². The molecule has 4 heteroatoms. The molecule has 0 unspecified atom stereocenters. The van der Waals surface area contributed by atoms with Crippen LogP contribution in [0, 0.1) is 13.8 Å². The van der Waals surface area contributed by atoms with Crippen molar-refractivity contribution in [1.29, 1.82) is 0 Å². The number of hydrogen-bond acceptors (Lipinski definition) is 3. The fourth-order valence-electron chi connectivity index (χ4n) is 2.57. The van der Waals surface area contributed by atoms with E-state index in [0.29, 0.717) is 6.61 Å². The minimum atomic E-state index is 0.657. The fourth-order valence-corrected chi connectivity index (χ4v) is 3.41. The average molecular weight is 338 g/mol. The number of nitrogens with zero attached hydrogens (tertiary/aromatic N) is 2. The molecule has 3 nitrogen and oxygen atoms in total. The van der Waals surface area contributed by atoms with Crippen LogP contribution in [0.4, 0.5) is 0 Å². The van der Waals surface area contributed by atoms with Gasteiger partial charge in [0.05, 0.1) is 17.6 Å². The molecule has 0 atom stereocenters. The minimum absolute atomic E-state index is 0.657. The summed E-state index contributed by atoms with van der Waals surface area (Å²) in [6.07, 6.45) is 1.91. The van der Waals surface area contributed by atoms with Crippen LogP contribution in [0.25, 0.3) is 11.0 Å². The number of ether oxygens (including phenoxy) is 1. The van der Waals surface area contributed by atoms with Gasteiger partial charge in [-0.2, -0.15) is 0 Å². The predicted molar refractivity (Wildman–Crippen MR) is 102 cm³/mol. The number of benzene rings is 2. The summed E-state index contributed by atoms with van der Waals surface area (Å²) in [5, 5.41) is 1.01. The van der Waals surface area contributed by atoms with Gasteiger partial charge in [0, 0.05) is 12.3 Å².